The minimum absolute atomic E-state index is 0.00445. The molecule has 1 aromatic carbocycles. The monoisotopic (exact) mass is 397 g/mol. The summed E-state index contributed by atoms with van der Waals surface area (Å²) >= 11 is 0. The number of amides is 3. The van der Waals surface area contributed by atoms with Gasteiger partial charge in [-0.3, -0.25) is 9.69 Å². The molecule has 154 valence electrons. The Labute approximate surface area is 162 Å². The number of rotatable bonds is 5. The summed E-state index contributed by atoms with van der Waals surface area (Å²) in [4.78, 5) is 27.8. The lowest BCUT2D eigenvalue weighted by Crippen LogP contribution is -2.59. The number of halogens is 3. The van der Waals surface area contributed by atoms with Crippen LogP contribution >= 0.6 is 0 Å². The minimum Gasteiger partial charge on any atom is -0.323 e. The quantitative estimate of drug-likeness (QED) is 0.770. The van der Waals surface area contributed by atoms with Crippen LogP contribution in [0.25, 0.3) is 0 Å². The van der Waals surface area contributed by atoms with Gasteiger partial charge in [-0.1, -0.05) is 50.6 Å². The van der Waals surface area contributed by atoms with Gasteiger partial charge in [0.2, 0.25) is 0 Å². The fourth-order valence-corrected chi connectivity index (χ4v) is 4.53. The van der Waals surface area contributed by atoms with E-state index in [0.29, 0.717) is 5.56 Å². The fourth-order valence-electron chi connectivity index (χ4n) is 4.53. The van der Waals surface area contributed by atoms with E-state index in [2.05, 4.69) is 5.32 Å². The molecular formula is C20H26F3N3O2. The molecule has 2 atom stereocenters. The molecule has 5 nitrogen and oxygen atoms in total. The Morgan fingerprint density at radius 3 is 2.32 bits per heavy atom. The smallest absolute Gasteiger partial charge is 0.323 e. The van der Waals surface area contributed by atoms with Crippen molar-refractivity contribution in [3.05, 3.63) is 35.9 Å². The van der Waals surface area contributed by atoms with Gasteiger partial charge in [-0.15, -0.1) is 0 Å². The van der Waals surface area contributed by atoms with E-state index in [1.807, 2.05) is 13.8 Å². The zero-order valence-electron chi connectivity index (χ0n) is 16.1. The molecule has 3 amide bonds. The molecule has 3 rings (SSSR count). The van der Waals surface area contributed by atoms with Crippen molar-refractivity contribution in [2.24, 2.45) is 11.8 Å². The molecule has 1 N–H and O–H groups in total. The van der Waals surface area contributed by atoms with E-state index in [1.54, 1.807) is 30.3 Å². The van der Waals surface area contributed by atoms with E-state index in [4.69, 9.17) is 0 Å². The summed E-state index contributed by atoms with van der Waals surface area (Å²) < 4.78 is 39.3. The summed E-state index contributed by atoms with van der Waals surface area (Å²) in [5, 5.41) is 2.83. The van der Waals surface area contributed by atoms with E-state index >= 15 is 0 Å². The van der Waals surface area contributed by atoms with Gasteiger partial charge in [-0.05, 0) is 30.2 Å². The lowest BCUT2D eigenvalue weighted by atomic mass is 9.67. The van der Waals surface area contributed by atoms with Crippen LogP contribution in [0.5, 0.6) is 0 Å². The zero-order chi connectivity index (χ0) is 20.5. The summed E-state index contributed by atoms with van der Waals surface area (Å²) in [5.74, 6) is -0.511. The van der Waals surface area contributed by atoms with E-state index in [1.165, 1.54) is 0 Å². The highest BCUT2D eigenvalue weighted by atomic mass is 19.4. The largest absolute Gasteiger partial charge is 0.401 e. The van der Waals surface area contributed by atoms with Gasteiger partial charge in [-0.2, -0.15) is 13.2 Å². The number of imide groups is 1. The van der Waals surface area contributed by atoms with Crippen molar-refractivity contribution in [2.45, 2.75) is 51.4 Å². The third-order valence-corrected chi connectivity index (χ3v) is 5.98. The number of alkyl halides is 3. The molecule has 0 aromatic heterocycles. The molecule has 1 spiro atoms. The third kappa shape index (κ3) is 4.01. The van der Waals surface area contributed by atoms with Crippen LogP contribution in [0.3, 0.4) is 0 Å². The third-order valence-electron chi connectivity index (χ3n) is 5.98. The van der Waals surface area contributed by atoms with Gasteiger partial charge in [0.15, 0.2) is 0 Å². The zero-order valence-corrected chi connectivity index (χ0v) is 16.1. The van der Waals surface area contributed by atoms with Crippen LogP contribution in [0.2, 0.25) is 0 Å². The van der Waals surface area contributed by atoms with Crippen LogP contribution < -0.4 is 5.32 Å². The minimum atomic E-state index is -4.43. The topological polar surface area (TPSA) is 52.7 Å². The number of benzene rings is 1. The summed E-state index contributed by atoms with van der Waals surface area (Å²) in [7, 11) is 0. The highest BCUT2D eigenvalue weighted by Crippen LogP contribution is 2.42. The molecule has 28 heavy (non-hydrogen) atoms. The summed E-state index contributed by atoms with van der Waals surface area (Å²) in [6.45, 7) is 2.26. The van der Waals surface area contributed by atoms with Gasteiger partial charge in [-0.25, -0.2) is 9.69 Å². The molecule has 1 saturated heterocycles. The number of hydrogen-bond donors (Lipinski definition) is 1. The van der Waals surface area contributed by atoms with Crippen LogP contribution in [0.15, 0.2) is 30.3 Å². The molecule has 0 radical (unpaired) electrons. The maximum Gasteiger partial charge on any atom is 0.401 e. The van der Waals surface area contributed by atoms with Crippen molar-refractivity contribution in [3.8, 4) is 0 Å². The van der Waals surface area contributed by atoms with E-state index in [9.17, 15) is 22.8 Å². The second-order valence-corrected chi connectivity index (χ2v) is 7.99. The molecular weight excluding hydrogens is 371 g/mol. The number of nitrogens with one attached hydrogen (secondary N) is 1. The van der Waals surface area contributed by atoms with Crippen LogP contribution in [-0.2, 0) is 11.3 Å². The van der Waals surface area contributed by atoms with Gasteiger partial charge in [0, 0.05) is 6.54 Å². The Morgan fingerprint density at radius 2 is 1.75 bits per heavy atom. The molecule has 1 aliphatic carbocycles. The summed E-state index contributed by atoms with van der Waals surface area (Å²) in [6.07, 6.45) is -1.85. The first kappa shape index (κ1) is 20.6. The number of carbonyl (C=O) groups is 2. The van der Waals surface area contributed by atoms with Crippen LogP contribution in [0.4, 0.5) is 18.0 Å². The van der Waals surface area contributed by atoms with Crippen molar-refractivity contribution in [3.63, 3.8) is 0 Å². The van der Waals surface area contributed by atoms with Gasteiger partial charge in [0.05, 0.1) is 13.2 Å². The first-order valence-electron chi connectivity index (χ1n) is 9.60. The predicted molar refractivity (Wildman–Crippen MR) is 98.1 cm³/mol. The average Bonchev–Trinajstić information content (AvgIpc) is 2.85. The molecule has 2 fully saturated rings. The SMILES string of the molecule is C[C@@H]1CCC[C@@H](C)C12NC(=O)N(CN(Cc1ccccc1)CC(F)(F)F)C2=O. The molecule has 0 unspecified atom stereocenters. The number of urea groups is 1. The van der Waals surface area contributed by atoms with Crippen molar-refractivity contribution in [2.75, 3.05) is 13.2 Å². The number of nitrogens with zero attached hydrogens (tertiary/aromatic N) is 2. The fraction of sp³-hybridized carbons (Fsp3) is 0.600. The Morgan fingerprint density at radius 1 is 1.14 bits per heavy atom. The van der Waals surface area contributed by atoms with Crippen LogP contribution in [0.1, 0.15) is 38.7 Å². The standard InChI is InChI=1S/C20H26F3N3O2/c1-14-7-6-8-15(2)20(14)17(27)26(18(28)24-20)13-25(12-19(21,22)23)11-16-9-4-3-5-10-16/h3-5,9-10,14-15H,6-8,11-13H2,1-2H3,(H,24,28)/t14-,15-/m1/s1. The van der Waals surface area contributed by atoms with E-state index in [-0.39, 0.29) is 25.0 Å². The Kier molecular flexibility index (Phi) is 5.70. The maximum atomic E-state index is 13.2. The van der Waals surface area contributed by atoms with Gasteiger partial charge in [0.25, 0.3) is 5.91 Å². The van der Waals surface area contributed by atoms with Crippen molar-refractivity contribution < 1.29 is 22.8 Å². The van der Waals surface area contributed by atoms with Crippen molar-refractivity contribution in [1.29, 1.82) is 0 Å². The Bertz CT molecular complexity index is 713. The first-order chi connectivity index (χ1) is 13.1. The predicted octanol–water partition coefficient (Wildman–Crippen LogP) is 3.76. The van der Waals surface area contributed by atoms with Crippen molar-refractivity contribution >= 4 is 11.9 Å². The molecule has 1 saturated carbocycles. The molecule has 1 aliphatic heterocycles. The molecule has 0 bridgehead atoms. The normalized spacial score (nSPS) is 24.9. The highest BCUT2D eigenvalue weighted by molar-refractivity contribution is 6.07. The summed E-state index contributed by atoms with van der Waals surface area (Å²) in [5.41, 5.74) is -0.320. The highest BCUT2D eigenvalue weighted by Gasteiger charge is 2.58. The van der Waals surface area contributed by atoms with E-state index < -0.39 is 30.2 Å². The lowest BCUT2D eigenvalue weighted by Gasteiger charge is -2.42. The lowest BCUT2D eigenvalue weighted by molar-refractivity contribution is -0.155. The number of hydrogen-bond acceptors (Lipinski definition) is 3. The van der Waals surface area contributed by atoms with Crippen LogP contribution in [-0.4, -0.2) is 46.7 Å². The average molecular weight is 397 g/mol. The van der Waals surface area contributed by atoms with Gasteiger partial charge in [0.1, 0.15) is 5.54 Å². The van der Waals surface area contributed by atoms with Crippen molar-refractivity contribution in [1.82, 2.24) is 15.1 Å². The Hall–Kier alpha value is -2.09. The second kappa shape index (κ2) is 7.73. The Balaban J connectivity index is 1.81. The second-order valence-electron chi connectivity index (χ2n) is 7.99. The van der Waals surface area contributed by atoms with Gasteiger partial charge < -0.3 is 5.32 Å². The summed E-state index contributed by atoms with van der Waals surface area (Å²) in [6, 6.07) is 8.12. The molecule has 8 heteroatoms. The first-order valence-corrected chi connectivity index (χ1v) is 9.60. The maximum absolute atomic E-state index is 13.2. The molecule has 1 aromatic rings. The molecule has 2 aliphatic rings. The van der Waals surface area contributed by atoms with E-state index in [0.717, 1.165) is 29.1 Å². The van der Waals surface area contributed by atoms with Crippen LogP contribution in [0, 0.1) is 11.8 Å². The number of carbonyl (C=O) groups excluding carboxylic acids is 2. The van der Waals surface area contributed by atoms with Gasteiger partial charge >= 0.3 is 12.2 Å². The molecule has 1 heterocycles.